The highest BCUT2D eigenvalue weighted by atomic mass is 16.4. The molecule has 104 valence electrons. The molecule has 1 saturated heterocycles. The van der Waals surface area contributed by atoms with E-state index in [0.717, 1.165) is 31.8 Å². The Morgan fingerprint density at radius 1 is 1.37 bits per heavy atom. The molecule has 0 spiro atoms. The van der Waals surface area contributed by atoms with Crippen LogP contribution in [0.5, 0.6) is 0 Å². The lowest BCUT2D eigenvalue weighted by Crippen LogP contribution is -2.29. The van der Waals surface area contributed by atoms with Crippen LogP contribution >= 0.6 is 0 Å². The molecule has 19 heavy (non-hydrogen) atoms. The Balaban J connectivity index is 2.08. The van der Waals surface area contributed by atoms with Gasteiger partial charge in [-0.05, 0) is 17.4 Å². The molecular weight excluding hydrogens is 236 g/mol. The Morgan fingerprint density at radius 3 is 2.63 bits per heavy atom. The second-order valence-corrected chi connectivity index (χ2v) is 6.14. The number of likely N-dealkylation sites (tertiary alicyclic amines) is 1. The van der Waals surface area contributed by atoms with Gasteiger partial charge in [0.2, 0.25) is 0 Å². The van der Waals surface area contributed by atoms with Gasteiger partial charge in [-0.3, -0.25) is 4.90 Å². The summed E-state index contributed by atoms with van der Waals surface area (Å²) in [5.41, 5.74) is 2.45. The van der Waals surface area contributed by atoms with Gasteiger partial charge >= 0.3 is 0 Å². The molecule has 1 aliphatic heterocycles. The topological polar surface area (TPSA) is 35.8 Å². The molecule has 0 aliphatic carbocycles. The minimum atomic E-state index is 0.173. The molecule has 1 N–H and O–H groups in total. The van der Waals surface area contributed by atoms with Gasteiger partial charge < -0.3 is 5.21 Å². The van der Waals surface area contributed by atoms with E-state index in [9.17, 15) is 0 Å². The van der Waals surface area contributed by atoms with Crippen LogP contribution < -0.4 is 0 Å². The van der Waals surface area contributed by atoms with E-state index in [0.29, 0.717) is 5.92 Å². The van der Waals surface area contributed by atoms with Crippen LogP contribution in [0.15, 0.2) is 35.5 Å². The predicted octanol–water partition coefficient (Wildman–Crippen LogP) is 3.38. The summed E-state index contributed by atoms with van der Waals surface area (Å²) in [6, 6.07) is 10.6. The molecule has 0 amide bonds. The third-order valence-corrected chi connectivity index (χ3v) is 4.16. The van der Waals surface area contributed by atoms with Gasteiger partial charge in [-0.1, -0.05) is 56.3 Å². The van der Waals surface area contributed by atoms with Crippen molar-refractivity contribution >= 4 is 5.71 Å². The van der Waals surface area contributed by atoms with Crippen LogP contribution in [0.1, 0.15) is 32.8 Å². The lowest BCUT2D eigenvalue weighted by atomic mass is 9.78. The molecule has 0 bridgehead atoms. The summed E-state index contributed by atoms with van der Waals surface area (Å²) in [4.78, 5) is 2.46. The van der Waals surface area contributed by atoms with Gasteiger partial charge in [0.25, 0.3) is 0 Å². The Labute approximate surface area is 115 Å². The molecule has 3 nitrogen and oxygen atoms in total. The number of benzene rings is 1. The smallest absolute Gasteiger partial charge is 0.0617 e. The van der Waals surface area contributed by atoms with E-state index in [1.807, 2.05) is 6.07 Å². The van der Waals surface area contributed by atoms with Crippen LogP contribution in [-0.2, 0) is 6.54 Å². The highest BCUT2D eigenvalue weighted by Crippen LogP contribution is 2.37. The molecule has 0 aromatic heterocycles. The number of nitrogens with zero attached hydrogens (tertiary/aromatic N) is 2. The van der Waals surface area contributed by atoms with Gasteiger partial charge in [-0.25, -0.2) is 0 Å². The zero-order valence-corrected chi connectivity index (χ0v) is 12.1. The summed E-state index contributed by atoms with van der Waals surface area (Å²) in [6.45, 7) is 9.60. The highest BCUT2D eigenvalue weighted by molar-refractivity contribution is 5.87. The van der Waals surface area contributed by atoms with Crippen LogP contribution in [0.3, 0.4) is 0 Å². The van der Waals surface area contributed by atoms with E-state index < -0.39 is 0 Å². The standard InChI is InChI=1S/C16H24N2O/c1-4-15(17-19)14-11-18(12-16(14,2)3)10-13-8-6-5-7-9-13/h5-9,14,19H,4,10-12H2,1-3H3. The first kappa shape index (κ1) is 14.1. The van der Waals surface area contributed by atoms with Crippen molar-refractivity contribution < 1.29 is 5.21 Å². The summed E-state index contributed by atoms with van der Waals surface area (Å²) in [5, 5.41) is 12.7. The van der Waals surface area contributed by atoms with Crippen molar-refractivity contribution in [1.82, 2.24) is 4.90 Å². The van der Waals surface area contributed by atoms with Crippen molar-refractivity contribution in [3.05, 3.63) is 35.9 Å². The highest BCUT2D eigenvalue weighted by Gasteiger charge is 2.41. The maximum Gasteiger partial charge on any atom is 0.0617 e. The Kier molecular flexibility index (Phi) is 4.25. The first-order chi connectivity index (χ1) is 9.06. The van der Waals surface area contributed by atoms with E-state index in [2.05, 4.69) is 55.1 Å². The minimum absolute atomic E-state index is 0.173. The zero-order chi connectivity index (χ0) is 13.9. The molecule has 3 heteroatoms. The fourth-order valence-corrected chi connectivity index (χ4v) is 3.16. The van der Waals surface area contributed by atoms with Gasteiger partial charge in [0.1, 0.15) is 0 Å². The van der Waals surface area contributed by atoms with Crippen LogP contribution in [-0.4, -0.2) is 28.9 Å². The number of hydrogen-bond donors (Lipinski definition) is 1. The summed E-state index contributed by atoms with van der Waals surface area (Å²) in [7, 11) is 0. The molecular formula is C16H24N2O. The summed E-state index contributed by atoms with van der Waals surface area (Å²) >= 11 is 0. The lowest BCUT2D eigenvalue weighted by molar-refractivity contribution is 0.277. The largest absolute Gasteiger partial charge is 0.411 e. The fourth-order valence-electron chi connectivity index (χ4n) is 3.16. The molecule has 1 fully saturated rings. The summed E-state index contributed by atoms with van der Waals surface area (Å²) in [6.07, 6.45) is 0.823. The van der Waals surface area contributed by atoms with E-state index in [1.165, 1.54) is 5.56 Å². The van der Waals surface area contributed by atoms with E-state index in [-0.39, 0.29) is 5.41 Å². The van der Waals surface area contributed by atoms with E-state index >= 15 is 0 Å². The maximum atomic E-state index is 9.16. The van der Waals surface area contributed by atoms with Gasteiger partial charge in [0.05, 0.1) is 5.71 Å². The maximum absolute atomic E-state index is 9.16. The molecule has 1 atom stereocenters. The van der Waals surface area contributed by atoms with Gasteiger partial charge in [0, 0.05) is 25.6 Å². The van der Waals surface area contributed by atoms with E-state index in [4.69, 9.17) is 5.21 Å². The van der Waals surface area contributed by atoms with Crippen molar-refractivity contribution in [2.75, 3.05) is 13.1 Å². The van der Waals surface area contributed by atoms with E-state index in [1.54, 1.807) is 0 Å². The SMILES string of the molecule is CCC(=NO)C1CN(Cc2ccccc2)CC1(C)C. The van der Waals surface area contributed by atoms with Gasteiger partial charge in [-0.2, -0.15) is 0 Å². The van der Waals surface area contributed by atoms with Gasteiger partial charge in [0.15, 0.2) is 0 Å². The predicted molar refractivity (Wildman–Crippen MR) is 78.5 cm³/mol. The van der Waals surface area contributed by atoms with Crippen LogP contribution in [0.2, 0.25) is 0 Å². The first-order valence-corrected chi connectivity index (χ1v) is 7.04. The fraction of sp³-hybridized carbons (Fsp3) is 0.562. The monoisotopic (exact) mass is 260 g/mol. The van der Waals surface area contributed by atoms with Crippen molar-refractivity contribution in [2.45, 2.75) is 33.7 Å². The second-order valence-electron chi connectivity index (χ2n) is 6.14. The van der Waals surface area contributed by atoms with Crippen molar-refractivity contribution in [2.24, 2.45) is 16.5 Å². The third-order valence-electron chi connectivity index (χ3n) is 4.16. The summed E-state index contributed by atoms with van der Waals surface area (Å²) < 4.78 is 0. The Bertz CT molecular complexity index is 439. The molecule has 0 saturated carbocycles. The number of oxime groups is 1. The summed E-state index contributed by atoms with van der Waals surface area (Å²) in [5.74, 6) is 0.353. The number of hydrogen-bond acceptors (Lipinski definition) is 3. The van der Waals surface area contributed by atoms with Crippen molar-refractivity contribution in [3.8, 4) is 0 Å². The minimum Gasteiger partial charge on any atom is -0.411 e. The quantitative estimate of drug-likeness (QED) is 0.512. The first-order valence-electron chi connectivity index (χ1n) is 7.04. The molecule has 1 heterocycles. The molecule has 1 unspecified atom stereocenters. The van der Waals surface area contributed by atoms with Crippen molar-refractivity contribution in [3.63, 3.8) is 0 Å². The Hall–Kier alpha value is -1.35. The molecule has 2 rings (SSSR count). The molecule has 1 aliphatic rings. The van der Waals surface area contributed by atoms with Crippen LogP contribution in [0.4, 0.5) is 0 Å². The molecule has 0 radical (unpaired) electrons. The second kappa shape index (κ2) is 5.74. The van der Waals surface area contributed by atoms with Crippen LogP contribution in [0, 0.1) is 11.3 Å². The van der Waals surface area contributed by atoms with Crippen LogP contribution in [0.25, 0.3) is 0 Å². The molecule has 1 aromatic carbocycles. The van der Waals surface area contributed by atoms with Gasteiger partial charge in [-0.15, -0.1) is 0 Å². The van der Waals surface area contributed by atoms with Crippen molar-refractivity contribution in [1.29, 1.82) is 0 Å². The lowest BCUT2D eigenvalue weighted by Gasteiger charge is -2.25. The normalized spacial score (nSPS) is 23.7. The molecule has 1 aromatic rings. The zero-order valence-electron chi connectivity index (χ0n) is 12.1. The number of rotatable bonds is 4. The average Bonchev–Trinajstić information content (AvgIpc) is 2.67. The average molecular weight is 260 g/mol. The Morgan fingerprint density at radius 2 is 2.05 bits per heavy atom. The third kappa shape index (κ3) is 3.16.